The average Bonchev–Trinajstić information content (AvgIpc) is 2.39. The molecule has 18 heavy (non-hydrogen) atoms. The Morgan fingerprint density at radius 1 is 1.39 bits per heavy atom. The van der Waals surface area contributed by atoms with Crippen LogP contribution in [0.1, 0.15) is 34.1 Å². The van der Waals surface area contributed by atoms with Crippen LogP contribution in [-0.4, -0.2) is 35.0 Å². The number of hydrogen-bond donors (Lipinski definition) is 1. The van der Waals surface area contributed by atoms with Crippen LogP contribution in [0.5, 0.6) is 0 Å². The molecule has 1 aromatic rings. The van der Waals surface area contributed by atoms with Crippen LogP contribution in [0, 0.1) is 11.3 Å². The van der Waals surface area contributed by atoms with Gasteiger partial charge in [0.15, 0.2) is 0 Å². The first-order valence-electron chi connectivity index (χ1n) is 5.59. The quantitative estimate of drug-likeness (QED) is 0.858. The van der Waals surface area contributed by atoms with E-state index in [1.54, 1.807) is 6.07 Å². The molecule has 1 aromatic carbocycles. The highest BCUT2D eigenvalue weighted by molar-refractivity contribution is 5.97. The van der Waals surface area contributed by atoms with Gasteiger partial charge in [0.2, 0.25) is 0 Å². The van der Waals surface area contributed by atoms with E-state index in [1.807, 2.05) is 13.0 Å². The maximum absolute atomic E-state index is 12.1. The minimum Gasteiger partial charge on any atom is -0.478 e. The van der Waals surface area contributed by atoms with Crippen LogP contribution < -0.4 is 0 Å². The first-order chi connectivity index (χ1) is 8.60. The lowest BCUT2D eigenvalue weighted by Gasteiger charge is -2.19. The van der Waals surface area contributed by atoms with E-state index in [-0.39, 0.29) is 17.9 Å². The number of carboxylic acid groups (broad SMARTS) is 1. The molecule has 0 radical (unpaired) electrons. The summed E-state index contributed by atoms with van der Waals surface area (Å²) in [6.07, 6.45) is 0.262. The van der Waals surface area contributed by atoms with Gasteiger partial charge in [0.1, 0.15) is 0 Å². The van der Waals surface area contributed by atoms with Crippen LogP contribution in [0.15, 0.2) is 24.3 Å². The van der Waals surface area contributed by atoms with Crippen molar-refractivity contribution in [2.24, 2.45) is 0 Å². The first kappa shape index (κ1) is 13.7. The van der Waals surface area contributed by atoms with Crippen LogP contribution in [0.4, 0.5) is 0 Å². The Morgan fingerprint density at radius 3 is 2.61 bits per heavy atom. The molecule has 0 aliphatic heterocycles. The van der Waals surface area contributed by atoms with Gasteiger partial charge in [-0.15, -0.1) is 0 Å². The van der Waals surface area contributed by atoms with Gasteiger partial charge in [-0.25, -0.2) is 4.79 Å². The third-order valence-corrected chi connectivity index (χ3v) is 2.52. The maximum Gasteiger partial charge on any atom is 0.335 e. The molecule has 1 rings (SSSR count). The smallest absolute Gasteiger partial charge is 0.335 e. The molecule has 0 saturated carbocycles. The molecule has 0 aliphatic carbocycles. The Morgan fingerprint density at radius 2 is 2.06 bits per heavy atom. The van der Waals surface area contributed by atoms with E-state index in [2.05, 4.69) is 0 Å². The number of benzene rings is 1. The molecule has 5 nitrogen and oxygen atoms in total. The highest BCUT2D eigenvalue weighted by Gasteiger charge is 2.15. The zero-order valence-electron chi connectivity index (χ0n) is 10.1. The third-order valence-electron chi connectivity index (χ3n) is 2.52. The predicted molar refractivity (Wildman–Crippen MR) is 65.2 cm³/mol. The molecule has 0 saturated heterocycles. The van der Waals surface area contributed by atoms with E-state index in [4.69, 9.17) is 10.4 Å². The molecular formula is C13H14N2O3. The minimum atomic E-state index is -1.07. The number of nitrogens with zero attached hydrogens (tertiary/aromatic N) is 2. The molecule has 0 heterocycles. The Labute approximate surface area is 105 Å². The molecule has 0 aromatic heterocycles. The Bertz CT molecular complexity index is 491. The van der Waals surface area contributed by atoms with E-state index in [0.717, 1.165) is 0 Å². The Hall–Kier alpha value is -2.35. The number of hydrogen-bond acceptors (Lipinski definition) is 3. The van der Waals surface area contributed by atoms with E-state index in [0.29, 0.717) is 18.7 Å². The number of amides is 1. The molecule has 1 amide bonds. The summed E-state index contributed by atoms with van der Waals surface area (Å²) in [6, 6.07) is 7.87. The molecule has 94 valence electrons. The summed E-state index contributed by atoms with van der Waals surface area (Å²) in [4.78, 5) is 24.4. The molecule has 0 fully saturated rings. The molecule has 0 bridgehead atoms. The van der Waals surface area contributed by atoms with Crippen molar-refractivity contribution in [2.45, 2.75) is 13.3 Å². The summed E-state index contributed by atoms with van der Waals surface area (Å²) < 4.78 is 0. The Balaban J connectivity index is 2.91. The fraction of sp³-hybridized carbons (Fsp3) is 0.308. The number of carboxylic acids is 1. The number of carbonyl (C=O) groups excluding carboxylic acids is 1. The maximum atomic E-state index is 12.1. The second kappa shape index (κ2) is 6.40. The van der Waals surface area contributed by atoms with Crippen LogP contribution in [0.3, 0.4) is 0 Å². The molecule has 0 aliphatic rings. The minimum absolute atomic E-state index is 0.0807. The van der Waals surface area contributed by atoms with Crippen molar-refractivity contribution < 1.29 is 14.7 Å². The number of aromatic carboxylic acids is 1. The molecule has 0 spiro atoms. The fourth-order valence-electron chi connectivity index (χ4n) is 1.56. The van der Waals surface area contributed by atoms with Crippen LogP contribution in [-0.2, 0) is 0 Å². The SMILES string of the molecule is CCN(CCC#N)C(=O)c1cccc(C(=O)O)c1. The molecule has 0 atom stereocenters. The molecule has 5 heteroatoms. The van der Waals surface area contributed by atoms with Gasteiger partial charge in [-0.3, -0.25) is 4.79 Å². The number of rotatable bonds is 5. The topological polar surface area (TPSA) is 81.4 Å². The van der Waals surface area contributed by atoms with Crippen molar-refractivity contribution in [2.75, 3.05) is 13.1 Å². The van der Waals surface area contributed by atoms with E-state index < -0.39 is 5.97 Å². The zero-order chi connectivity index (χ0) is 13.5. The highest BCUT2D eigenvalue weighted by Crippen LogP contribution is 2.09. The van der Waals surface area contributed by atoms with Crippen molar-refractivity contribution in [3.05, 3.63) is 35.4 Å². The van der Waals surface area contributed by atoms with Crippen LogP contribution in [0.2, 0.25) is 0 Å². The van der Waals surface area contributed by atoms with Gasteiger partial charge in [0.05, 0.1) is 18.1 Å². The van der Waals surface area contributed by atoms with E-state index in [9.17, 15) is 9.59 Å². The second-order valence-corrected chi connectivity index (χ2v) is 3.68. The van der Waals surface area contributed by atoms with Gasteiger partial charge in [-0.1, -0.05) is 6.07 Å². The van der Waals surface area contributed by atoms with Gasteiger partial charge < -0.3 is 10.0 Å². The molecule has 0 unspecified atom stereocenters. The van der Waals surface area contributed by atoms with E-state index in [1.165, 1.54) is 23.1 Å². The predicted octanol–water partition coefficient (Wildman–Crippen LogP) is 1.76. The summed E-state index contributed by atoms with van der Waals surface area (Å²) >= 11 is 0. The van der Waals surface area contributed by atoms with Crippen molar-refractivity contribution in [3.63, 3.8) is 0 Å². The number of carbonyl (C=O) groups is 2. The monoisotopic (exact) mass is 246 g/mol. The lowest BCUT2D eigenvalue weighted by molar-refractivity contribution is 0.0697. The standard InChI is InChI=1S/C13H14N2O3/c1-2-15(8-4-7-14)12(16)10-5-3-6-11(9-10)13(17)18/h3,5-6,9H,2,4,8H2,1H3,(H,17,18). The zero-order valence-corrected chi connectivity index (χ0v) is 10.1. The van der Waals surface area contributed by atoms with Gasteiger partial charge in [-0.2, -0.15) is 5.26 Å². The first-order valence-corrected chi connectivity index (χ1v) is 5.59. The average molecular weight is 246 g/mol. The van der Waals surface area contributed by atoms with E-state index >= 15 is 0 Å². The Kier molecular flexibility index (Phi) is 4.88. The summed E-state index contributed by atoms with van der Waals surface area (Å²) in [5, 5.41) is 17.4. The van der Waals surface area contributed by atoms with Crippen molar-refractivity contribution in [1.82, 2.24) is 4.90 Å². The van der Waals surface area contributed by atoms with Gasteiger partial charge >= 0.3 is 5.97 Å². The normalized spacial score (nSPS) is 9.56. The largest absolute Gasteiger partial charge is 0.478 e. The molecule has 1 N–H and O–H groups in total. The summed E-state index contributed by atoms with van der Waals surface area (Å²) in [5.41, 5.74) is 0.409. The van der Waals surface area contributed by atoms with Crippen LogP contribution >= 0.6 is 0 Å². The summed E-state index contributed by atoms with van der Waals surface area (Å²) in [7, 11) is 0. The fourth-order valence-corrected chi connectivity index (χ4v) is 1.56. The number of nitriles is 1. The van der Waals surface area contributed by atoms with Gasteiger partial charge in [-0.05, 0) is 25.1 Å². The van der Waals surface area contributed by atoms with Crippen LogP contribution in [0.25, 0.3) is 0 Å². The van der Waals surface area contributed by atoms with Crippen molar-refractivity contribution in [3.8, 4) is 6.07 Å². The van der Waals surface area contributed by atoms with Gasteiger partial charge in [0, 0.05) is 18.7 Å². The van der Waals surface area contributed by atoms with Crippen molar-refractivity contribution >= 4 is 11.9 Å². The lowest BCUT2D eigenvalue weighted by atomic mass is 10.1. The third kappa shape index (κ3) is 3.32. The van der Waals surface area contributed by atoms with Crippen molar-refractivity contribution in [1.29, 1.82) is 5.26 Å². The van der Waals surface area contributed by atoms with Gasteiger partial charge in [0.25, 0.3) is 5.91 Å². The highest BCUT2D eigenvalue weighted by atomic mass is 16.4. The summed E-state index contributed by atoms with van der Waals surface area (Å²) in [5.74, 6) is -1.32. The second-order valence-electron chi connectivity index (χ2n) is 3.68. The lowest BCUT2D eigenvalue weighted by Crippen LogP contribution is -2.31. The molecular weight excluding hydrogens is 232 g/mol. The summed E-state index contributed by atoms with van der Waals surface area (Å²) in [6.45, 7) is 2.65.